The number of alkyl halides is 2. The minimum absolute atomic E-state index is 0.0461. The topological polar surface area (TPSA) is 36.7 Å². The van der Waals surface area contributed by atoms with Gasteiger partial charge in [-0.25, -0.2) is 13.8 Å². The van der Waals surface area contributed by atoms with Crippen molar-refractivity contribution in [2.75, 3.05) is 0 Å². The molecule has 1 aromatic rings. The summed E-state index contributed by atoms with van der Waals surface area (Å²) in [6.45, 7) is 0. The monoisotopic (exact) mass is 420 g/mol. The Morgan fingerprint density at radius 3 is 2.64 bits per heavy atom. The molecule has 1 aromatic heterocycles. The summed E-state index contributed by atoms with van der Waals surface area (Å²) in [6, 6.07) is 3.24. The molecule has 14 heavy (non-hydrogen) atoms. The van der Waals surface area contributed by atoms with Crippen LogP contribution in [0.2, 0.25) is 0 Å². The van der Waals surface area contributed by atoms with Crippen molar-refractivity contribution in [3.63, 3.8) is 0 Å². The minimum atomic E-state index is -2.52. The Balaban J connectivity index is 3.26. The van der Waals surface area contributed by atoms with Crippen LogP contribution in [0.4, 0.5) is 8.78 Å². The summed E-state index contributed by atoms with van der Waals surface area (Å²) in [5, 5.41) is 8.48. The maximum atomic E-state index is 12.5. The summed E-state index contributed by atoms with van der Waals surface area (Å²) in [5.41, 5.74) is 0.380. The van der Waals surface area contributed by atoms with E-state index in [2.05, 4.69) is 4.98 Å². The van der Waals surface area contributed by atoms with Crippen LogP contribution in [0.5, 0.6) is 0 Å². The molecule has 0 aliphatic carbocycles. The van der Waals surface area contributed by atoms with Gasteiger partial charge in [-0.1, -0.05) is 0 Å². The van der Waals surface area contributed by atoms with Gasteiger partial charge in [0.2, 0.25) is 0 Å². The number of hydrogen-bond donors (Lipinski definition) is 0. The molecular formula is C8H4F2I2N2. The Labute approximate surface area is 107 Å². The first kappa shape index (κ1) is 12.0. The fourth-order valence-electron chi connectivity index (χ4n) is 0.919. The summed E-state index contributed by atoms with van der Waals surface area (Å²) in [6.07, 6.45) is -2.45. The molecule has 2 nitrogen and oxygen atoms in total. The molecule has 0 spiro atoms. The molecule has 0 saturated carbocycles. The molecule has 1 heterocycles. The van der Waals surface area contributed by atoms with Crippen LogP contribution in [0.25, 0.3) is 0 Å². The zero-order valence-corrected chi connectivity index (χ0v) is 11.1. The van der Waals surface area contributed by atoms with Crippen LogP contribution in [0.15, 0.2) is 6.07 Å². The van der Waals surface area contributed by atoms with Gasteiger partial charge in [0.05, 0.1) is 18.2 Å². The van der Waals surface area contributed by atoms with E-state index < -0.39 is 6.43 Å². The highest BCUT2D eigenvalue weighted by Gasteiger charge is 2.16. The van der Waals surface area contributed by atoms with Crippen LogP contribution in [0.1, 0.15) is 17.7 Å². The summed E-state index contributed by atoms with van der Waals surface area (Å²) >= 11 is 3.66. The lowest BCUT2D eigenvalue weighted by atomic mass is 10.2. The molecule has 0 unspecified atom stereocenters. The second-order valence-electron chi connectivity index (χ2n) is 2.43. The van der Waals surface area contributed by atoms with Crippen molar-refractivity contribution >= 4 is 45.2 Å². The van der Waals surface area contributed by atoms with Gasteiger partial charge in [-0.15, -0.1) is 0 Å². The summed E-state index contributed by atoms with van der Waals surface area (Å²) in [4.78, 5) is 4.03. The first-order valence-corrected chi connectivity index (χ1v) is 5.72. The predicted molar refractivity (Wildman–Crippen MR) is 63.9 cm³/mol. The van der Waals surface area contributed by atoms with Crippen LogP contribution < -0.4 is 0 Å². The maximum absolute atomic E-state index is 12.5. The van der Waals surface area contributed by atoms with E-state index in [1.54, 1.807) is 22.6 Å². The van der Waals surface area contributed by atoms with E-state index in [1.807, 2.05) is 28.7 Å². The summed E-state index contributed by atoms with van der Waals surface area (Å²) < 4.78 is 25.9. The molecule has 0 N–H and O–H groups in total. The van der Waals surface area contributed by atoms with Gasteiger partial charge in [0.25, 0.3) is 6.43 Å². The molecule has 0 aliphatic rings. The molecule has 0 radical (unpaired) electrons. The molecule has 0 saturated heterocycles. The van der Waals surface area contributed by atoms with Crippen LogP contribution in [-0.2, 0) is 6.42 Å². The largest absolute Gasteiger partial charge is 0.265 e. The lowest BCUT2D eigenvalue weighted by Gasteiger charge is -2.07. The number of halogens is 4. The smallest absolute Gasteiger partial charge is 0.245 e. The van der Waals surface area contributed by atoms with Gasteiger partial charge >= 0.3 is 0 Å². The van der Waals surface area contributed by atoms with E-state index in [0.717, 1.165) is 0 Å². The highest BCUT2D eigenvalue weighted by Crippen LogP contribution is 2.27. The zero-order valence-electron chi connectivity index (χ0n) is 6.77. The van der Waals surface area contributed by atoms with Crippen molar-refractivity contribution < 1.29 is 8.78 Å². The molecule has 1 rings (SSSR count). The van der Waals surface area contributed by atoms with Gasteiger partial charge in [-0.2, -0.15) is 5.26 Å². The fraction of sp³-hybridized carbons (Fsp3) is 0.250. The van der Waals surface area contributed by atoms with Crippen LogP contribution in [0.3, 0.4) is 0 Å². The van der Waals surface area contributed by atoms with E-state index in [9.17, 15) is 8.78 Å². The molecule has 0 atom stereocenters. The lowest BCUT2D eigenvalue weighted by molar-refractivity contribution is 0.150. The third-order valence-electron chi connectivity index (χ3n) is 1.50. The van der Waals surface area contributed by atoms with E-state index in [0.29, 0.717) is 13.0 Å². The molecule has 6 heteroatoms. The third kappa shape index (κ3) is 2.73. The number of pyridine rings is 1. The molecule has 0 amide bonds. The van der Waals surface area contributed by atoms with Crippen molar-refractivity contribution in [1.82, 2.24) is 4.98 Å². The van der Waals surface area contributed by atoms with Gasteiger partial charge < -0.3 is 0 Å². The van der Waals surface area contributed by atoms with Gasteiger partial charge in [0, 0.05) is 9.13 Å². The number of hydrogen-bond acceptors (Lipinski definition) is 2. The van der Waals surface area contributed by atoms with Crippen molar-refractivity contribution in [2.45, 2.75) is 12.8 Å². The Morgan fingerprint density at radius 2 is 2.14 bits per heavy atom. The van der Waals surface area contributed by atoms with Crippen LogP contribution in [-0.4, -0.2) is 4.98 Å². The maximum Gasteiger partial charge on any atom is 0.265 e. The van der Waals surface area contributed by atoms with E-state index in [-0.39, 0.29) is 12.0 Å². The van der Waals surface area contributed by atoms with Crippen molar-refractivity contribution in [2.24, 2.45) is 0 Å². The molecule has 0 bridgehead atoms. The lowest BCUT2D eigenvalue weighted by Crippen LogP contribution is -2.01. The molecule has 0 aromatic carbocycles. The number of aromatic nitrogens is 1. The van der Waals surface area contributed by atoms with Crippen molar-refractivity contribution in [1.29, 1.82) is 5.26 Å². The molecular weight excluding hydrogens is 416 g/mol. The number of rotatable bonds is 2. The van der Waals surface area contributed by atoms with E-state index in [4.69, 9.17) is 5.26 Å². The molecule has 0 aliphatic heterocycles. The molecule has 0 fully saturated rings. The van der Waals surface area contributed by atoms with Gasteiger partial charge in [0.1, 0.15) is 3.70 Å². The minimum Gasteiger partial charge on any atom is -0.245 e. The average Bonchev–Trinajstić information content (AvgIpc) is 2.10. The SMILES string of the molecule is N#CCc1nc(I)cc(C(F)F)c1I. The quantitative estimate of drug-likeness (QED) is 0.544. The van der Waals surface area contributed by atoms with E-state index >= 15 is 0 Å². The number of nitriles is 1. The molecule has 74 valence electrons. The predicted octanol–water partition coefficient (Wildman–Crippen LogP) is 3.29. The third-order valence-corrected chi connectivity index (χ3v) is 3.30. The average molecular weight is 420 g/mol. The van der Waals surface area contributed by atoms with Crippen LogP contribution >= 0.6 is 45.2 Å². The highest BCUT2D eigenvalue weighted by molar-refractivity contribution is 14.1. The Bertz CT molecular complexity index is 388. The van der Waals surface area contributed by atoms with Gasteiger partial charge in [-0.3, -0.25) is 0 Å². The number of nitrogens with zero attached hydrogens (tertiary/aromatic N) is 2. The van der Waals surface area contributed by atoms with E-state index in [1.165, 1.54) is 6.07 Å². The van der Waals surface area contributed by atoms with Crippen molar-refractivity contribution in [3.05, 3.63) is 24.6 Å². The first-order chi connectivity index (χ1) is 6.56. The van der Waals surface area contributed by atoms with Gasteiger partial charge in [-0.05, 0) is 51.2 Å². The standard InChI is InChI=1S/C8H4F2I2N2/c9-8(10)4-3-6(11)14-5(1-2-13)7(4)12/h3,8H,1H2. The van der Waals surface area contributed by atoms with Crippen LogP contribution in [0, 0.1) is 18.6 Å². The Hall–Kier alpha value is -0.0400. The van der Waals surface area contributed by atoms with Crippen molar-refractivity contribution in [3.8, 4) is 6.07 Å². The Kier molecular flexibility index (Phi) is 4.43. The summed E-state index contributed by atoms with van der Waals surface area (Å²) in [5.74, 6) is 0. The first-order valence-electron chi connectivity index (χ1n) is 3.56. The second kappa shape index (κ2) is 5.16. The second-order valence-corrected chi connectivity index (χ2v) is 4.61. The zero-order chi connectivity index (χ0) is 10.7. The Morgan fingerprint density at radius 1 is 1.50 bits per heavy atom. The normalized spacial score (nSPS) is 10.3. The van der Waals surface area contributed by atoms with Gasteiger partial charge in [0.15, 0.2) is 0 Å². The highest BCUT2D eigenvalue weighted by atomic mass is 127. The fourth-order valence-corrected chi connectivity index (χ4v) is 2.25. The summed E-state index contributed by atoms with van der Waals surface area (Å²) in [7, 11) is 0.